The van der Waals surface area contributed by atoms with E-state index in [0.717, 1.165) is 5.39 Å². The number of benzene rings is 2. The van der Waals surface area contributed by atoms with E-state index in [2.05, 4.69) is 20.2 Å². The number of hydrogen-bond donors (Lipinski definition) is 2. The highest BCUT2D eigenvalue weighted by Gasteiger charge is 2.20. The minimum absolute atomic E-state index is 0.0150. The molecular formula is C18H16N6O3S. The Balaban J connectivity index is 1.90. The van der Waals surface area contributed by atoms with Crippen LogP contribution in [-0.2, 0) is 10.0 Å². The van der Waals surface area contributed by atoms with Gasteiger partial charge in [-0.05, 0) is 36.4 Å². The first kappa shape index (κ1) is 17.9. The first-order valence-electron chi connectivity index (χ1n) is 8.19. The van der Waals surface area contributed by atoms with Crippen LogP contribution >= 0.6 is 0 Å². The number of methoxy groups -OCH3 is 1. The molecule has 3 N–H and O–H groups in total. The van der Waals surface area contributed by atoms with Crippen molar-refractivity contribution in [2.75, 3.05) is 12.0 Å². The summed E-state index contributed by atoms with van der Waals surface area (Å²) in [6.07, 6.45) is 3.29. The van der Waals surface area contributed by atoms with E-state index in [4.69, 9.17) is 9.88 Å². The van der Waals surface area contributed by atoms with Crippen molar-refractivity contribution in [3.63, 3.8) is 0 Å². The zero-order valence-corrected chi connectivity index (χ0v) is 15.6. The molecular weight excluding hydrogens is 380 g/mol. The number of sulfonamides is 1. The first-order valence-corrected chi connectivity index (χ1v) is 9.74. The highest BCUT2D eigenvalue weighted by Crippen LogP contribution is 2.38. The molecule has 0 fully saturated rings. The van der Waals surface area contributed by atoms with Crippen LogP contribution < -0.4 is 14.8 Å². The van der Waals surface area contributed by atoms with Crippen molar-refractivity contribution in [2.45, 2.75) is 4.90 Å². The van der Waals surface area contributed by atoms with Gasteiger partial charge in [0.25, 0.3) is 0 Å². The molecule has 4 aromatic rings. The second-order valence-corrected chi connectivity index (χ2v) is 7.45. The first-order chi connectivity index (χ1) is 13.5. The number of nitrogens with two attached hydrogens (primary N) is 1. The molecule has 0 aliphatic rings. The van der Waals surface area contributed by atoms with Gasteiger partial charge in [-0.2, -0.15) is 10.1 Å². The number of rotatable bonds is 5. The number of para-hydroxylation sites is 2. The van der Waals surface area contributed by atoms with Crippen molar-refractivity contribution in [1.29, 1.82) is 0 Å². The van der Waals surface area contributed by atoms with Gasteiger partial charge in [0.15, 0.2) is 5.65 Å². The van der Waals surface area contributed by atoms with Gasteiger partial charge in [0.2, 0.25) is 16.0 Å². The molecule has 2 aromatic heterocycles. The number of hydrogen-bond acceptors (Lipinski definition) is 7. The van der Waals surface area contributed by atoms with E-state index in [1.54, 1.807) is 36.5 Å². The molecule has 0 saturated heterocycles. The van der Waals surface area contributed by atoms with Crippen molar-refractivity contribution >= 4 is 38.4 Å². The average molecular weight is 396 g/mol. The largest absolute Gasteiger partial charge is 0.495 e. The van der Waals surface area contributed by atoms with Gasteiger partial charge < -0.3 is 4.74 Å². The third-order valence-electron chi connectivity index (χ3n) is 4.13. The van der Waals surface area contributed by atoms with Gasteiger partial charge >= 0.3 is 0 Å². The highest BCUT2D eigenvalue weighted by atomic mass is 32.2. The Labute approximate surface area is 160 Å². The predicted octanol–water partition coefficient (Wildman–Crippen LogP) is 2.48. The summed E-state index contributed by atoms with van der Waals surface area (Å²) in [4.78, 5) is 10.7. The second kappa shape index (κ2) is 6.91. The van der Waals surface area contributed by atoms with Crippen LogP contribution in [0, 0.1) is 0 Å². The van der Waals surface area contributed by atoms with E-state index in [9.17, 15) is 8.42 Å². The molecule has 2 aromatic carbocycles. The molecule has 0 saturated carbocycles. The van der Waals surface area contributed by atoms with E-state index >= 15 is 0 Å². The zero-order valence-electron chi connectivity index (χ0n) is 14.8. The predicted molar refractivity (Wildman–Crippen MR) is 104 cm³/mol. The fourth-order valence-corrected chi connectivity index (χ4v) is 3.31. The molecule has 0 unspecified atom stereocenters. The molecule has 0 radical (unpaired) electrons. The summed E-state index contributed by atoms with van der Waals surface area (Å²) < 4.78 is 28.6. The van der Waals surface area contributed by atoms with Crippen LogP contribution in [0.2, 0.25) is 0 Å². The minimum Gasteiger partial charge on any atom is -0.495 e. The van der Waals surface area contributed by atoms with E-state index in [0.29, 0.717) is 28.7 Å². The summed E-state index contributed by atoms with van der Waals surface area (Å²) in [7, 11) is -2.23. The molecule has 4 rings (SSSR count). The Kier molecular flexibility index (Phi) is 4.41. The van der Waals surface area contributed by atoms with Gasteiger partial charge in [0, 0.05) is 11.9 Å². The van der Waals surface area contributed by atoms with Crippen LogP contribution in [-0.4, -0.2) is 35.7 Å². The molecule has 0 aliphatic heterocycles. The molecule has 0 amide bonds. The Bertz CT molecular complexity index is 1240. The van der Waals surface area contributed by atoms with Crippen LogP contribution in [0.3, 0.4) is 0 Å². The number of fused-ring (bicyclic) bond motifs is 1. The lowest BCUT2D eigenvalue weighted by atomic mass is 10.2. The molecule has 10 heteroatoms. The molecule has 0 bridgehead atoms. The maximum atomic E-state index is 11.6. The van der Waals surface area contributed by atoms with Gasteiger partial charge in [-0.15, -0.1) is 0 Å². The standard InChI is InChI=1S/C18H16N6O3S/c1-27-16-5-3-2-4-15(16)24(13-6-8-14(9-7-13)28(19,25)26)18-20-10-12-11-21-23-17(12)22-18/h2-11H,1H3,(H2,19,25,26)(H,20,21,22,23). The van der Waals surface area contributed by atoms with Crippen LogP contribution in [0.1, 0.15) is 0 Å². The number of H-pyrrole nitrogens is 1. The number of anilines is 3. The van der Waals surface area contributed by atoms with Crippen molar-refractivity contribution in [3.8, 4) is 5.75 Å². The Morgan fingerprint density at radius 2 is 1.82 bits per heavy atom. The van der Waals surface area contributed by atoms with Gasteiger partial charge in [0.1, 0.15) is 5.75 Å². The number of nitrogens with one attached hydrogen (secondary N) is 1. The molecule has 0 atom stereocenters. The number of aromatic nitrogens is 4. The van der Waals surface area contributed by atoms with Crippen molar-refractivity contribution in [1.82, 2.24) is 20.2 Å². The van der Waals surface area contributed by atoms with Crippen LogP contribution in [0.5, 0.6) is 5.75 Å². The van der Waals surface area contributed by atoms with Gasteiger partial charge in [-0.1, -0.05) is 12.1 Å². The van der Waals surface area contributed by atoms with Crippen molar-refractivity contribution in [3.05, 3.63) is 60.9 Å². The quantitative estimate of drug-likeness (QED) is 0.530. The molecule has 0 spiro atoms. The second-order valence-electron chi connectivity index (χ2n) is 5.89. The summed E-state index contributed by atoms with van der Waals surface area (Å²) in [5, 5.41) is 12.8. The minimum atomic E-state index is -3.80. The van der Waals surface area contributed by atoms with Crippen molar-refractivity contribution in [2.24, 2.45) is 5.14 Å². The van der Waals surface area contributed by atoms with Crippen LogP contribution in [0.4, 0.5) is 17.3 Å². The third-order valence-corrected chi connectivity index (χ3v) is 5.06. The van der Waals surface area contributed by atoms with Gasteiger partial charge in [-0.3, -0.25) is 10.00 Å². The summed E-state index contributed by atoms with van der Waals surface area (Å²) in [6, 6.07) is 13.5. The number of nitrogens with zero attached hydrogens (tertiary/aromatic N) is 4. The fraction of sp³-hybridized carbons (Fsp3) is 0.0556. The lowest BCUT2D eigenvalue weighted by molar-refractivity contribution is 0.416. The topological polar surface area (TPSA) is 127 Å². The van der Waals surface area contributed by atoms with Gasteiger partial charge in [-0.25, -0.2) is 18.5 Å². The normalized spacial score (nSPS) is 11.5. The van der Waals surface area contributed by atoms with E-state index in [1.165, 1.54) is 12.1 Å². The molecule has 9 nitrogen and oxygen atoms in total. The van der Waals surface area contributed by atoms with E-state index in [1.807, 2.05) is 24.3 Å². The fourth-order valence-electron chi connectivity index (χ4n) is 2.80. The molecule has 2 heterocycles. The Hall–Kier alpha value is -3.50. The van der Waals surface area contributed by atoms with Crippen LogP contribution in [0.25, 0.3) is 11.0 Å². The number of aromatic amines is 1. The SMILES string of the molecule is COc1ccccc1N(c1ccc(S(N)(=O)=O)cc1)c1ncc2cn[nH]c2n1. The lowest BCUT2D eigenvalue weighted by Crippen LogP contribution is -2.15. The van der Waals surface area contributed by atoms with Gasteiger partial charge in [0.05, 0.1) is 29.3 Å². The van der Waals surface area contributed by atoms with E-state index < -0.39 is 10.0 Å². The maximum absolute atomic E-state index is 11.6. The monoisotopic (exact) mass is 396 g/mol. The molecule has 142 valence electrons. The van der Waals surface area contributed by atoms with Crippen molar-refractivity contribution < 1.29 is 13.2 Å². The molecule has 28 heavy (non-hydrogen) atoms. The Morgan fingerprint density at radius 1 is 1.07 bits per heavy atom. The maximum Gasteiger partial charge on any atom is 0.238 e. The number of ether oxygens (including phenoxy) is 1. The average Bonchev–Trinajstić information content (AvgIpc) is 3.16. The Morgan fingerprint density at radius 3 is 2.54 bits per heavy atom. The third kappa shape index (κ3) is 3.26. The van der Waals surface area contributed by atoms with E-state index in [-0.39, 0.29) is 4.90 Å². The summed E-state index contributed by atoms with van der Waals surface area (Å²) in [6.45, 7) is 0. The highest BCUT2D eigenvalue weighted by molar-refractivity contribution is 7.89. The smallest absolute Gasteiger partial charge is 0.238 e. The number of primary sulfonamides is 1. The summed E-state index contributed by atoms with van der Waals surface area (Å²) in [5.74, 6) is 0.968. The molecule has 0 aliphatic carbocycles. The van der Waals surface area contributed by atoms with Crippen LogP contribution in [0.15, 0.2) is 65.8 Å². The summed E-state index contributed by atoms with van der Waals surface area (Å²) in [5.41, 5.74) is 1.90. The summed E-state index contributed by atoms with van der Waals surface area (Å²) >= 11 is 0. The zero-order chi connectivity index (χ0) is 19.7. The lowest BCUT2D eigenvalue weighted by Gasteiger charge is -2.24.